The highest BCUT2D eigenvalue weighted by Gasteiger charge is 2.35. The van der Waals surface area contributed by atoms with Crippen LogP contribution in [0.3, 0.4) is 0 Å². The Morgan fingerprint density at radius 3 is 2.02 bits per heavy atom. The second-order valence-corrected chi connectivity index (χ2v) is 14.9. The van der Waals surface area contributed by atoms with Gasteiger partial charge < -0.3 is 9.80 Å². The molecule has 5 rings (SSSR count). The van der Waals surface area contributed by atoms with Crippen molar-refractivity contribution < 1.29 is 18.0 Å². The van der Waals surface area contributed by atoms with Crippen molar-refractivity contribution in [2.24, 2.45) is 0 Å². The summed E-state index contributed by atoms with van der Waals surface area (Å²) < 4.78 is 30.7. The van der Waals surface area contributed by atoms with Crippen LogP contribution in [0.25, 0.3) is 0 Å². The van der Waals surface area contributed by atoms with Crippen LogP contribution in [0.15, 0.2) is 129 Å². The van der Waals surface area contributed by atoms with Crippen LogP contribution in [-0.2, 0) is 26.0 Å². The monoisotopic (exact) mass is 763 g/mol. The standard InChI is InChI=1S/C36H35Br2N3O4S/c1-27-9-19-33(20-10-27)46(44,45)39-23-5-6-24-40(32-17-15-31(38)16-18-32)36(43)35(29-7-3-2-4-8-29)41(34(42)22-25-39)26-21-28-11-13-30(37)14-12-28/h2-20,35H,21-26H2,1H3/b6-5-. The van der Waals surface area contributed by atoms with Crippen LogP contribution in [0.5, 0.6) is 0 Å². The number of carbonyl (C=O) groups is 2. The van der Waals surface area contributed by atoms with Crippen LogP contribution < -0.4 is 4.90 Å². The molecular formula is C36H35Br2N3O4S. The molecule has 0 fully saturated rings. The number of hydrogen-bond acceptors (Lipinski definition) is 4. The quantitative estimate of drug-likeness (QED) is 0.185. The van der Waals surface area contributed by atoms with E-state index in [1.807, 2.05) is 91.9 Å². The highest BCUT2D eigenvalue weighted by molar-refractivity contribution is 9.10. The molecule has 4 aromatic rings. The fraction of sp³-hybridized carbons (Fsp3) is 0.222. The van der Waals surface area contributed by atoms with Crippen molar-refractivity contribution in [3.8, 4) is 0 Å². The van der Waals surface area contributed by atoms with Crippen molar-refractivity contribution in [3.05, 3.63) is 141 Å². The van der Waals surface area contributed by atoms with Gasteiger partial charge in [-0.3, -0.25) is 9.59 Å². The average Bonchev–Trinajstić information content (AvgIpc) is 3.05. The van der Waals surface area contributed by atoms with E-state index in [2.05, 4.69) is 31.9 Å². The van der Waals surface area contributed by atoms with Gasteiger partial charge in [-0.2, -0.15) is 4.31 Å². The van der Waals surface area contributed by atoms with Gasteiger partial charge >= 0.3 is 0 Å². The molecule has 1 aliphatic rings. The largest absolute Gasteiger partial charge is 0.326 e. The summed E-state index contributed by atoms with van der Waals surface area (Å²) in [5.74, 6) is -0.546. The Hall–Kier alpha value is -3.57. The molecule has 4 aromatic carbocycles. The van der Waals surface area contributed by atoms with E-state index in [4.69, 9.17) is 0 Å². The molecule has 1 aliphatic heterocycles. The van der Waals surface area contributed by atoms with Gasteiger partial charge in [-0.1, -0.05) is 104 Å². The molecule has 0 radical (unpaired) electrons. The van der Waals surface area contributed by atoms with Gasteiger partial charge in [0.2, 0.25) is 15.9 Å². The minimum absolute atomic E-state index is 0.0275. The fourth-order valence-electron chi connectivity index (χ4n) is 5.39. The van der Waals surface area contributed by atoms with Crippen LogP contribution in [0.1, 0.15) is 29.2 Å². The van der Waals surface area contributed by atoms with E-state index in [1.165, 1.54) is 4.31 Å². The van der Waals surface area contributed by atoms with Crippen LogP contribution in [0.4, 0.5) is 5.69 Å². The summed E-state index contributed by atoms with van der Waals surface area (Å²) in [4.78, 5) is 32.4. The van der Waals surface area contributed by atoms with E-state index in [1.54, 1.807) is 40.1 Å². The minimum Gasteiger partial charge on any atom is -0.326 e. The molecule has 10 heteroatoms. The first-order valence-electron chi connectivity index (χ1n) is 15.0. The van der Waals surface area contributed by atoms with Crippen molar-refractivity contribution >= 4 is 59.4 Å². The number of nitrogens with zero attached hydrogens (tertiary/aromatic N) is 3. The number of sulfonamides is 1. The van der Waals surface area contributed by atoms with E-state index < -0.39 is 16.1 Å². The lowest BCUT2D eigenvalue weighted by atomic mass is 10.0. The Balaban J connectivity index is 1.58. The van der Waals surface area contributed by atoms with E-state index in [9.17, 15) is 18.0 Å². The van der Waals surface area contributed by atoms with Crippen molar-refractivity contribution in [3.63, 3.8) is 0 Å². The van der Waals surface area contributed by atoms with Crippen LogP contribution >= 0.6 is 31.9 Å². The molecule has 0 spiro atoms. The highest BCUT2D eigenvalue weighted by Crippen LogP contribution is 2.29. The van der Waals surface area contributed by atoms with E-state index in [0.29, 0.717) is 17.7 Å². The first-order chi connectivity index (χ1) is 22.1. The van der Waals surface area contributed by atoms with Crippen LogP contribution in [0, 0.1) is 6.92 Å². The summed E-state index contributed by atoms with van der Waals surface area (Å²) >= 11 is 6.96. The Bertz CT molecular complexity index is 1780. The van der Waals surface area contributed by atoms with Gasteiger partial charge in [-0.15, -0.1) is 0 Å². The number of halogens is 2. The van der Waals surface area contributed by atoms with Gasteiger partial charge in [-0.05, 0) is 73.0 Å². The predicted octanol–water partition coefficient (Wildman–Crippen LogP) is 7.32. The molecule has 0 saturated carbocycles. The molecule has 7 nitrogen and oxygen atoms in total. The number of aryl methyl sites for hydroxylation is 1. The zero-order valence-corrected chi connectivity index (χ0v) is 29.4. The number of amides is 2. The third kappa shape index (κ3) is 8.22. The Kier molecular flexibility index (Phi) is 11.3. The van der Waals surface area contributed by atoms with E-state index in [0.717, 1.165) is 20.1 Å². The summed E-state index contributed by atoms with van der Waals surface area (Å²) in [6, 6.07) is 30.4. The summed E-state index contributed by atoms with van der Waals surface area (Å²) in [5.41, 5.74) is 3.32. The zero-order valence-electron chi connectivity index (χ0n) is 25.4. The third-order valence-electron chi connectivity index (χ3n) is 7.94. The van der Waals surface area contributed by atoms with Gasteiger partial charge in [0.15, 0.2) is 0 Å². The van der Waals surface area contributed by atoms with Crippen LogP contribution in [-0.4, -0.2) is 55.6 Å². The van der Waals surface area contributed by atoms with Gasteiger partial charge in [0, 0.05) is 47.2 Å². The highest BCUT2D eigenvalue weighted by atomic mass is 79.9. The van der Waals surface area contributed by atoms with Crippen molar-refractivity contribution in [1.29, 1.82) is 0 Å². The second kappa shape index (κ2) is 15.3. The second-order valence-electron chi connectivity index (χ2n) is 11.1. The molecule has 1 atom stereocenters. The van der Waals surface area contributed by atoms with Crippen molar-refractivity contribution in [1.82, 2.24) is 9.21 Å². The molecule has 0 saturated heterocycles. The topological polar surface area (TPSA) is 78.0 Å². The first-order valence-corrected chi connectivity index (χ1v) is 18.0. The lowest BCUT2D eigenvalue weighted by molar-refractivity contribution is -0.140. The maximum atomic E-state index is 14.7. The van der Waals surface area contributed by atoms with Gasteiger partial charge in [0.25, 0.3) is 5.91 Å². The lowest BCUT2D eigenvalue weighted by Gasteiger charge is -2.36. The van der Waals surface area contributed by atoms with Crippen LogP contribution in [0.2, 0.25) is 0 Å². The number of carbonyl (C=O) groups excluding carboxylic acids is 2. The summed E-state index contributed by atoms with van der Waals surface area (Å²) in [6.07, 6.45) is 3.99. The zero-order chi connectivity index (χ0) is 32.7. The number of rotatable bonds is 7. The Morgan fingerprint density at radius 1 is 0.761 bits per heavy atom. The summed E-state index contributed by atoms with van der Waals surface area (Å²) in [7, 11) is -3.89. The Morgan fingerprint density at radius 2 is 1.37 bits per heavy atom. The molecular weight excluding hydrogens is 730 g/mol. The average molecular weight is 766 g/mol. The smallest absolute Gasteiger partial charge is 0.254 e. The molecule has 0 aliphatic carbocycles. The number of benzene rings is 4. The maximum Gasteiger partial charge on any atom is 0.254 e. The first kappa shape index (κ1) is 33.8. The molecule has 1 unspecified atom stereocenters. The summed E-state index contributed by atoms with van der Waals surface area (Å²) in [5, 5.41) is 0. The Labute approximate surface area is 287 Å². The lowest BCUT2D eigenvalue weighted by Crippen LogP contribution is -2.47. The van der Waals surface area contributed by atoms with E-state index >= 15 is 0 Å². The number of hydrogen-bond donors (Lipinski definition) is 0. The molecule has 1 heterocycles. The predicted molar refractivity (Wildman–Crippen MR) is 189 cm³/mol. The molecule has 46 heavy (non-hydrogen) atoms. The summed E-state index contributed by atoms with van der Waals surface area (Å²) in [6.45, 7) is 2.39. The van der Waals surface area contributed by atoms with Gasteiger partial charge in [0.1, 0.15) is 6.04 Å². The number of anilines is 1. The van der Waals surface area contributed by atoms with Gasteiger partial charge in [-0.25, -0.2) is 8.42 Å². The van der Waals surface area contributed by atoms with E-state index in [-0.39, 0.29) is 49.3 Å². The third-order valence-corrected chi connectivity index (χ3v) is 10.9. The fourth-order valence-corrected chi connectivity index (χ4v) is 7.31. The molecule has 0 bridgehead atoms. The molecule has 0 N–H and O–H groups in total. The SMILES string of the molecule is Cc1ccc(S(=O)(=O)N2C/C=C\CN(c3ccc(Br)cc3)C(=O)C(c3ccccc3)N(CCc3ccc(Br)cc3)C(=O)CC2)cc1. The molecule has 0 aromatic heterocycles. The van der Waals surface area contributed by atoms with Crippen molar-refractivity contribution in [2.45, 2.75) is 30.7 Å². The molecule has 2 amide bonds. The maximum absolute atomic E-state index is 14.7. The van der Waals surface area contributed by atoms with Gasteiger partial charge in [0.05, 0.1) is 4.90 Å². The van der Waals surface area contributed by atoms with Crippen molar-refractivity contribution in [2.75, 3.05) is 31.1 Å². The minimum atomic E-state index is -3.89. The normalized spacial score (nSPS) is 17.8. The molecule has 238 valence electrons.